The molecule has 2 heterocycles. The average Bonchev–Trinajstić information content (AvgIpc) is 2.72. The quantitative estimate of drug-likeness (QED) is 0.654. The first-order valence-electron chi connectivity index (χ1n) is 10.4. The van der Waals surface area contributed by atoms with Gasteiger partial charge in [-0.05, 0) is 12.6 Å². The van der Waals surface area contributed by atoms with Crippen molar-refractivity contribution >= 4 is 30.7 Å². The molecule has 0 spiro atoms. The van der Waals surface area contributed by atoms with Gasteiger partial charge in [0.25, 0.3) is 0 Å². The lowest BCUT2D eigenvalue weighted by molar-refractivity contribution is -0.132. The Kier molecular flexibility index (Phi) is 12.8. The van der Waals surface area contributed by atoms with Gasteiger partial charge in [-0.3, -0.25) is 9.69 Å². The number of likely N-dealkylation sites (N-methyl/N-ethyl adjacent to an activating group) is 1. The number of nitrogens with one attached hydrogen (secondary N) is 1. The molecule has 0 aromatic heterocycles. The summed E-state index contributed by atoms with van der Waals surface area (Å²) >= 11 is 0. The van der Waals surface area contributed by atoms with E-state index in [0.717, 1.165) is 78.5 Å². The van der Waals surface area contributed by atoms with Gasteiger partial charge in [0.1, 0.15) is 0 Å². The SMILES string of the molecule is CN(CCN1CCN(CCC(=O)N2CCNCC2)CC1)Cc1ccccc1.Cl.Cl. The molecular formula is C21H37Cl2N5O. The van der Waals surface area contributed by atoms with Crippen molar-refractivity contribution in [2.75, 3.05) is 79.0 Å². The molecule has 1 N–H and O–H groups in total. The molecular weight excluding hydrogens is 409 g/mol. The van der Waals surface area contributed by atoms with Gasteiger partial charge >= 0.3 is 0 Å². The second-order valence-corrected chi connectivity index (χ2v) is 7.79. The van der Waals surface area contributed by atoms with Gasteiger partial charge in [-0.2, -0.15) is 0 Å². The van der Waals surface area contributed by atoms with Crippen LogP contribution in [0.4, 0.5) is 0 Å². The smallest absolute Gasteiger partial charge is 0.223 e. The number of benzene rings is 1. The van der Waals surface area contributed by atoms with E-state index in [-0.39, 0.29) is 24.8 Å². The average molecular weight is 446 g/mol. The largest absolute Gasteiger partial charge is 0.340 e. The van der Waals surface area contributed by atoms with Gasteiger partial charge in [-0.1, -0.05) is 30.3 Å². The van der Waals surface area contributed by atoms with Crippen LogP contribution in [0.5, 0.6) is 0 Å². The second kappa shape index (κ2) is 14.2. The molecule has 1 amide bonds. The highest BCUT2D eigenvalue weighted by Crippen LogP contribution is 2.06. The van der Waals surface area contributed by atoms with Crippen molar-refractivity contribution in [1.29, 1.82) is 0 Å². The lowest BCUT2D eigenvalue weighted by atomic mass is 10.2. The summed E-state index contributed by atoms with van der Waals surface area (Å²) in [6, 6.07) is 10.7. The molecule has 3 rings (SSSR count). The predicted octanol–water partition coefficient (Wildman–Crippen LogP) is 1.40. The number of nitrogens with zero attached hydrogens (tertiary/aromatic N) is 4. The summed E-state index contributed by atoms with van der Waals surface area (Å²) in [6.07, 6.45) is 0.666. The fourth-order valence-corrected chi connectivity index (χ4v) is 3.85. The topological polar surface area (TPSA) is 42.1 Å². The molecule has 6 nitrogen and oxygen atoms in total. The zero-order valence-electron chi connectivity index (χ0n) is 17.6. The van der Waals surface area contributed by atoms with Gasteiger partial charge in [-0.25, -0.2) is 0 Å². The van der Waals surface area contributed by atoms with Crippen LogP contribution in [0, 0.1) is 0 Å². The lowest BCUT2D eigenvalue weighted by Gasteiger charge is -2.36. The van der Waals surface area contributed by atoms with Gasteiger partial charge in [0.05, 0.1) is 0 Å². The summed E-state index contributed by atoms with van der Waals surface area (Å²) in [7, 11) is 2.20. The fraction of sp³-hybridized carbons (Fsp3) is 0.667. The molecule has 166 valence electrons. The van der Waals surface area contributed by atoms with E-state index in [1.54, 1.807) is 0 Å². The molecule has 2 saturated heterocycles. The molecule has 2 fully saturated rings. The molecule has 1 aromatic rings. The van der Waals surface area contributed by atoms with Gasteiger partial charge in [0, 0.05) is 85.0 Å². The number of halogens is 2. The molecule has 1 aromatic carbocycles. The minimum Gasteiger partial charge on any atom is -0.340 e. The Morgan fingerprint density at radius 1 is 0.931 bits per heavy atom. The minimum absolute atomic E-state index is 0. The molecule has 0 radical (unpaired) electrons. The van der Waals surface area contributed by atoms with Crippen molar-refractivity contribution in [3.63, 3.8) is 0 Å². The molecule has 0 atom stereocenters. The summed E-state index contributed by atoms with van der Waals surface area (Å²) in [5, 5.41) is 3.30. The summed E-state index contributed by atoms with van der Waals surface area (Å²) in [6.45, 7) is 12.1. The monoisotopic (exact) mass is 445 g/mol. The second-order valence-electron chi connectivity index (χ2n) is 7.79. The van der Waals surface area contributed by atoms with Gasteiger partial charge in [0.15, 0.2) is 0 Å². The fourth-order valence-electron chi connectivity index (χ4n) is 3.85. The van der Waals surface area contributed by atoms with Crippen LogP contribution < -0.4 is 5.32 Å². The van der Waals surface area contributed by atoms with Crippen LogP contribution in [0.1, 0.15) is 12.0 Å². The number of rotatable bonds is 8. The Balaban J connectivity index is 0.00000210. The molecule has 2 aliphatic heterocycles. The zero-order chi connectivity index (χ0) is 18.9. The van der Waals surface area contributed by atoms with Crippen LogP contribution in [0.25, 0.3) is 0 Å². The van der Waals surface area contributed by atoms with Crippen molar-refractivity contribution in [3.8, 4) is 0 Å². The van der Waals surface area contributed by atoms with E-state index in [1.807, 2.05) is 4.90 Å². The molecule has 29 heavy (non-hydrogen) atoms. The van der Waals surface area contributed by atoms with Crippen LogP contribution in [0.15, 0.2) is 30.3 Å². The summed E-state index contributed by atoms with van der Waals surface area (Å²) in [5.41, 5.74) is 1.37. The van der Waals surface area contributed by atoms with Crippen LogP contribution in [-0.4, -0.2) is 105 Å². The predicted molar refractivity (Wildman–Crippen MR) is 124 cm³/mol. The van der Waals surface area contributed by atoms with Gasteiger partial charge in [-0.15, -0.1) is 24.8 Å². The first kappa shape index (κ1) is 26.1. The number of carbonyl (C=O) groups is 1. The Hall–Kier alpha value is -0.890. The Labute approximate surface area is 188 Å². The normalized spacial score (nSPS) is 18.2. The van der Waals surface area contributed by atoms with E-state index in [2.05, 4.69) is 57.4 Å². The Morgan fingerprint density at radius 2 is 1.52 bits per heavy atom. The summed E-state index contributed by atoms with van der Waals surface area (Å²) in [5.74, 6) is 0.321. The highest BCUT2D eigenvalue weighted by molar-refractivity contribution is 5.85. The van der Waals surface area contributed by atoms with Crippen molar-refractivity contribution < 1.29 is 4.79 Å². The number of carbonyl (C=O) groups excluding carboxylic acids is 1. The van der Waals surface area contributed by atoms with E-state index in [1.165, 1.54) is 5.56 Å². The molecule has 2 aliphatic rings. The van der Waals surface area contributed by atoms with E-state index in [0.29, 0.717) is 12.3 Å². The third kappa shape index (κ3) is 9.20. The maximum Gasteiger partial charge on any atom is 0.223 e. The van der Waals surface area contributed by atoms with Crippen LogP contribution in [0.2, 0.25) is 0 Å². The van der Waals surface area contributed by atoms with Gasteiger partial charge < -0.3 is 20.0 Å². The van der Waals surface area contributed by atoms with Crippen LogP contribution >= 0.6 is 24.8 Å². The lowest BCUT2D eigenvalue weighted by Crippen LogP contribution is -2.50. The van der Waals surface area contributed by atoms with E-state index >= 15 is 0 Å². The van der Waals surface area contributed by atoms with Crippen LogP contribution in [0.3, 0.4) is 0 Å². The Morgan fingerprint density at radius 3 is 2.14 bits per heavy atom. The molecule has 0 saturated carbocycles. The Bertz CT molecular complexity index is 563. The molecule has 0 bridgehead atoms. The first-order chi connectivity index (χ1) is 13.2. The van der Waals surface area contributed by atoms with Crippen LogP contribution in [-0.2, 0) is 11.3 Å². The van der Waals surface area contributed by atoms with E-state index < -0.39 is 0 Å². The van der Waals surface area contributed by atoms with Crippen molar-refractivity contribution in [2.45, 2.75) is 13.0 Å². The number of hydrogen-bond donors (Lipinski definition) is 1. The molecule has 0 aliphatic carbocycles. The number of amides is 1. The third-order valence-electron chi connectivity index (χ3n) is 5.67. The van der Waals surface area contributed by atoms with Crippen molar-refractivity contribution in [3.05, 3.63) is 35.9 Å². The number of piperazine rings is 2. The maximum atomic E-state index is 12.3. The number of hydrogen-bond acceptors (Lipinski definition) is 5. The highest BCUT2D eigenvalue weighted by atomic mass is 35.5. The minimum atomic E-state index is 0. The highest BCUT2D eigenvalue weighted by Gasteiger charge is 2.20. The zero-order valence-corrected chi connectivity index (χ0v) is 19.2. The standard InChI is InChI=1S/C21H35N5O.2ClH/c1-23(19-20-5-3-2-4-6-20)13-14-25-17-15-24(16-18-25)10-7-21(27)26-11-8-22-9-12-26;;/h2-6,22H,7-19H2,1H3;2*1H. The van der Waals surface area contributed by atoms with Crippen molar-refractivity contribution in [2.24, 2.45) is 0 Å². The van der Waals surface area contributed by atoms with Crippen molar-refractivity contribution in [1.82, 2.24) is 24.9 Å². The summed E-state index contributed by atoms with van der Waals surface area (Å²) in [4.78, 5) is 21.7. The molecule has 0 unspecified atom stereocenters. The third-order valence-corrected chi connectivity index (χ3v) is 5.67. The molecule has 8 heteroatoms. The van der Waals surface area contributed by atoms with E-state index in [4.69, 9.17) is 0 Å². The van der Waals surface area contributed by atoms with E-state index in [9.17, 15) is 4.79 Å². The van der Waals surface area contributed by atoms with Gasteiger partial charge in [0.2, 0.25) is 5.91 Å². The maximum absolute atomic E-state index is 12.3. The first-order valence-corrected chi connectivity index (χ1v) is 10.4. The summed E-state index contributed by atoms with van der Waals surface area (Å²) < 4.78 is 0.